The summed E-state index contributed by atoms with van der Waals surface area (Å²) in [4.78, 5) is 13.0. The Labute approximate surface area is 192 Å². The molecule has 170 valence electrons. The number of anilines is 1. The van der Waals surface area contributed by atoms with Crippen LogP contribution in [0.2, 0.25) is 0 Å². The SMILES string of the molecule is COc1cccc(C2=NS(=O)(=O)N(C)C(C(=O)Nc3cnn(Cc4ccccc4C)c3)=C2)c1. The number of aromatic nitrogens is 2. The fourth-order valence-electron chi connectivity index (χ4n) is 3.36. The molecule has 1 aliphatic heterocycles. The predicted molar refractivity (Wildman–Crippen MR) is 125 cm³/mol. The van der Waals surface area contributed by atoms with E-state index in [0.29, 0.717) is 23.5 Å². The number of hydrogen-bond acceptors (Lipinski definition) is 5. The van der Waals surface area contributed by atoms with Crippen molar-refractivity contribution in [3.05, 3.63) is 89.4 Å². The van der Waals surface area contributed by atoms with Gasteiger partial charge in [-0.15, -0.1) is 4.40 Å². The molecule has 1 aromatic heterocycles. The molecule has 2 heterocycles. The molecule has 0 radical (unpaired) electrons. The highest BCUT2D eigenvalue weighted by molar-refractivity contribution is 7.88. The first-order valence-electron chi connectivity index (χ1n) is 10.1. The summed E-state index contributed by atoms with van der Waals surface area (Å²) in [5.74, 6) is -0.0428. The van der Waals surface area contributed by atoms with Gasteiger partial charge < -0.3 is 10.1 Å². The van der Waals surface area contributed by atoms with Gasteiger partial charge in [0.15, 0.2) is 0 Å². The van der Waals surface area contributed by atoms with Crippen LogP contribution in [0.4, 0.5) is 5.69 Å². The van der Waals surface area contributed by atoms with E-state index in [0.717, 1.165) is 15.4 Å². The molecule has 0 aliphatic carbocycles. The summed E-state index contributed by atoms with van der Waals surface area (Å²) in [7, 11) is -1.27. The van der Waals surface area contributed by atoms with Crippen molar-refractivity contribution >= 4 is 27.5 Å². The Bertz CT molecular complexity index is 1370. The van der Waals surface area contributed by atoms with Crippen molar-refractivity contribution in [2.75, 3.05) is 19.5 Å². The Morgan fingerprint density at radius 2 is 1.94 bits per heavy atom. The molecule has 4 rings (SSSR count). The number of amides is 1. The predicted octanol–water partition coefficient (Wildman–Crippen LogP) is 2.75. The molecule has 10 heteroatoms. The van der Waals surface area contributed by atoms with Gasteiger partial charge in [-0.1, -0.05) is 36.4 Å². The van der Waals surface area contributed by atoms with Crippen LogP contribution in [0.15, 0.2) is 77.1 Å². The van der Waals surface area contributed by atoms with Gasteiger partial charge >= 0.3 is 10.2 Å². The Kier molecular flexibility index (Phi) is 6.01. The van der Waals surface area contributed by atoms with Crippen LogP contribution in [0.5, 0.6) is 5.75 Å². The Balaban J connectivity index is 1.57. The molecule has 1 N–H and O–H groups in total. The molecule has 0 saturated heterocycles. The number of methoxy groups -OCH3 is 1. The van der Waals surface area contributed by atoms with Crippen LogP contribution in [-0.4, -0.2) is 48.3 Å². The van der Waals surface area contributed by atoms with Crippen LogP contribution in [0.25, 0.3) is 0 Å². The van der Waals surface area contributed by atoms with E-state index in [1.807, 2.05) is 31.2 Å². The second-order valence-electron chi connectivity index (χ2n) is 7.49. The normalized spacial score (nSPS) is 14.9. The highest BCUT2D eigenvalue weighted by Gasteiger charge is 2.30. The van der Waals surface area contributed by atoms with Gasteiger partial charge in [-0.05, 0) is 36.3 Å². The van der Waals surface area contributed by atoms with Crippen molar-refractivity contribution in [2.45, 2.75) is 13.5 Å². The van der Waals surface area contributed by atoms with E-state index in [4.69, 9.17) is 4.74 Å². The first-order valence-corrected chi connectivity index (χ1v) is 11.5. The third kappa shape index (κ3) is 4.80. The summed E-state index contributed by atoms with van der Waals surface area (Å²) in [6.45, 7) is 2.57. The zero-order valence-corrected chi connectivity index (χ0v) is 19.2. The minimum Gasteiger partial charge on any atom is -0.497 e. The zero-order valence-electron chi connectivity index (χ0n) is 18.4. The third-order valence-corrected chi connectivity index (χ3v) is 6.57. The summed E-state index contributed by atoms with van der Waals surface area (Å²) in [5.41, 5.74) is 3.30. The quantitative estimate of drug-likeness (QED) is 0.603. The van der Waals surface area contributed by atoms with Crippen molar-refractivity contribution in [2.24, 2.45) is 4.40 Å². The number of hydrogen-bond donors (Lipinski definition) is 1. The number of allylic oxidation sites excluding steroid dienone is 1. The molecule has 0 bridgehead atoms. The van der Waals surface area contributed by atoms with Gasteiger partial charge in [0.2, 0.25) is 0 Å². The molecule has 0 atom stereocenters. The lowest BCUT2D eigenvalue weighted by Crippen LogP contribution is -2.35. The standard InChI is InChI=1S/C23H23N5O4S/c1-16-7-4-5-8-18(16)14-28-15-19(13-24-28)25-23(29)22-12-21(26-33(30,31)27(22)2)17-9-6-10-20(11-17)32-3/h4-13,15H,14H2,1-3H3,(H,25,29). The van der Waals surface area contributed by atoms with Crippen LogP contribution < -0.4 is 10.1 Å². The highest BCUT2D eigenvalue weighted by atomic mass is 32.2. The second kappa shape index (κ2) is 8.91. The van der Waals surface area contributed by atoms with E-state index in [9.17, 15) is 13.2 Å². The van der Waals surface area contributed by atoms with Crippen LogP contribution in [0.1, 0.15) is 16.7 Å². The second-order valence-corrected chi connectivity index (χ2v) is 9.12. The van der Waals surface area contributed by atoms with Crippen molar-refractivity contribution < 1.29 is 17.9 Å². The van der Waals surface area contributed by atoms with E-state index in [2.05, 4.69) is 14.8 Å². The molecule has 0 fully saturated rings. The summed E-state index contributed by atoms with van der Waals surface area (Å²) in [6.07, 6.45) is 4.65. The number of carbonyl (C=O) groups is 1. The van der Waals surface area contributed by atoms with Crippen molar-refractivity contribution in [3.8, 4) is 5.75 Å². The average Bonchev–Trinajstić information content (AvgIpc) is 3.23. The maximum atomic E-state index is 13.0. The maximum Gasteiger partial charge on any atom is 0.345 e. The number of aryl methyl sites for hydroxylation is 1. The smallest absolute Gasteiger partial charge is 0.345 e. The van der Waals surface area contributed by atoms with Gasteiger partial charge in [0.05, 0.1) is 31.3 Å². The van der Waals surface area contributed by atoms with Crippen molar-refractivity contribution in [1.82, 2.24) is 14.1 Å². The molecule has 33 heavy (non-hydrogen) atoms. The lowest BCUT2D eigenvalue weighted by molar-refractivity contribution is -0.113. The number of benzene rings is 2. The third-order valence-electron chi connectivity index (χ3n) is 5.26. The minimum atomic E-state index is -4.07. The van der Waals surface area contributed by atoms with E-state index in [-0.39, 0.29) is 11.4 Å². The molecular formula is C23H23N5O4S. The topological polar surface area (TPSA) is 106 Å². The van der Waals surface area contributed by atoms with E-state index >= 15 is 0 Å². The average molecular weight is 466 g/mol. The monoisotopic (exact) mass is 465 g/mol. The number of ether oxygens (including phenoxy) is 1. The largest absolute Gasteiger partial charge is 0.497 e. The van der Waals surface area contributed by atoms with Gasteiger partial charge in [-0.3, -0.25) is 9.48 Å². The Morgan fingerprint density at radius 3 is 2.70 bits per heavy atom. The molecule has 0 spiro atoms. The number of nitrogens with one attached hydrogen (secondary N) is 1. The number of rotatable bonds is 6. The molecule has 2 aromatic carbocycles. The van der Waals surface area contributed by atoms with E-state index in [1.54, 1.807) is 35.1 Å². The molecular weight excluding hydrogens is 442 g/mol. The molecule has 9 nitrogen and oxygen atoms in total. The van der Waals surface area contributed by atoms with E-state index in [1.165, 1.54) is 26.4 Å². The van der Waals surface area contributed by atoms with Gasteiger partial charge in [-0.25, -0.2) is 4.31 Å². The van der Waals surface area contributed by atoms with Gasteiger partial charge in [0.1, 0.15) is 11.4 Å². The fraction of sp³-hybridized carbons (Fsp3) is 0.174. The summed E-state index contributed by atoms with van der Waals surface area (Å²) in [5, 5.41) is 7.01. The highest BCUT2D eigenvalue weighted by Crippen LogP contribution is 2.23. The first-order chi connectivity index (χ1) is 15.8. The first kappa shape index (κ1) is 22.3. The lowest BCUT2D eigenvalue weighted by Gasteiger charge is -2.23. The van der Waals surface area contributed by atoms with Crippen molar-refractivity contribution in [1.29, 1.82) is 0 Å². The molecule has 3 aromatic rings. The summed E-state index contributed by atoms with van der Waals surface area (Å²) < 4.78 is 36.8. The molecule has 1 amide bonds. The zero-order chi connectivity index (χ0) is 23.6. The summed E-state index contributed by atoms with van der Waals surface area (Å²) in [6, 6.07) is 14.8. The summed E-state index contributed by atoms with van der Waals surface area (Å²) >= 11 is 0. The lowest BCUT2D eigenvalue weighted by atomic mass is 10.1. The Morgan fingerprint density at radius 1 is 1.15 bits per heavy atom. The minimum absolute atomic E-state index is 0.0607. The molecule has 1 aliphatic rings. The Hall–Kier alpha value is -3.92. The van der Waals surface area contributed by atoms with Gasteiger partial charge in [-0.2, -0.15) is 13.5 Å². The van der Waals surface area contributed by atoms with Crippen LogP contribution in [-0.2, 0) is 21.5 Å². The van der Waals surface area contributed by atoms with Gasteiger partial charge in [0, 0.05) is 18.8 Å². The van der Waals surface area contributed by atoms with Crippen LogP contribution in [0, 0.1) is 6.92 Å². The number of carbonyl (C=O) groups excluding carboxylic acids is 1. The molecule has 0 saturated carbocycles. The van der Waals surface area contributed by atoms with E-state index < -0.39 is 16.1 Å². The van der Waals surface area contributed by atoms with Crippen LogP contribution >= 0.6 is 0 Å². The van der Waals surface area contributed by atoms with Crippen molar-refractivity contribution in [3.63, 3.8) is 0 Å². The fourth-order valence-corrected chi connectivity index (χ4v) is 4.27. The number of likely N-dealkylation sites (N-methyl/N-ethyl adjacent to an activating group) is 1. The number of nitrogens with zero attached hydrogens (tertiary/aromatic N) is 4. The van der Waals surface area contributed by atoms with Gasteiger partial charge in [0.25, 0.3) is 5.91 Å². The maximum absolute atomic E-state index is 13.0. The van der Waals surface area contributed by atoms with Crippen LogP contribution in [0.3, 0.4) is 0 Å². The molecule has 0 unspecified atom stereocenters.